The smallest absolute Gasteiger partial charge is 0.335 e. The van der Waals surface area contributed by atoms with E-state index in [0.717, 1.165) is 0 Å². The highest BCUT2D eigenvalue weighted by Crippen LogP contribution is 2.33. The van der Waals surface area contributed by atoms with Crippen LogP contribution in [0.5, 0.6) is 0 Å². The molecule has 1 N–H and O–H groups in total. The van der Waals surface area contributed by atoms with Crippen LogP contribution < -0.4 is 0 Å². The molecule has 1 heterocycles. The minimum atomic E-state index is -3.40. The zero-order chi connectivity index (χ0) is 15.9. The van der Waals surface area contributed by atoms with Crippen molar-refractivity contribution in [2.45, 2.75) is 25.2 Å². The number of hydrazone groups is 1. The Bertz CT molecular complexity index is 749. The van der Waals surface area contributed by atoms with Crippen molar-refractivity contribution in [2.24, 2.45) is 5.10 Å². The standard InChI is InChI=1S/C14H18N2O4S/c1-8-7-10(14(17)18)9(2)12-11(15-16(3)4)5-6-21(19,20)13(8)12/h7H,5-6H2,1-4H3,(H,17,18). The first-order valence-corrected chi connectivity index (χ1v) is 8.16. The SMILES string of the molecule is Cc1cc(C(=O)O)c(C)c2c1S(=O)(=O)CCC2=NN(C)C. The van der Waals surface area contributed by atoms with Crippen molar-refractivity contribution in [3.05, 3.63) is 28.3 Å². The Morgan fingerprint density at radius 3 is 2.48 bits per heavy atom. The summed E-state index contributed by atoms with van der Waals surface area (Å²) >= 11 is 0. The lowest BCUT2D eigenvalue weighted by Crippen LogP contribution is -2.27. The number of fused-ring (bicyclic) bond motifs is 1. The molecule has 2 rings (SSSR count). The van der Waals surface area contributed by atoms with Gasteiger partial charge in [-0.1, -0.05) is 0 Å². The monoisotopic (exact) mass is 310 g/mol. The molecule has 21 heavy (non-hydrogen) atoms. The number of hydrogen-bond donors (Lipinski definition) is 1. The minimum Gasteiger partial charge on any atom is -0.478 e. The predicted molar refractivity (Wildman–Crippen MR) is 79.8 cm³/mol. The Kier molecular flexibility index (Phi) is 3.79. The topological polar surface area (TPSA) is 87.0 Å². The van der Waals surface area contributed by atoms with E-state index in [2.05, 4.69) is 5.10 Å². The van der Waals surface area contributed by atoms with Crippen LogP contribution in [0.3, 0.4) is 0 Å². The van der Waals surface area contributed by atoms with Crippen LogP contribution >= 0.6 is 0 Å². The molecule has 1 aliphatic heterocycles. The molecule has 6 nitrogen and oxygen atoms in total. The van der Waals surface area contributed by atoms with Gasteiger partial charge in [0.1, 0.15) is 0 Å². The highest BCUT2D eigenvalue weighted by atomic mass is 32.2. The van der Waals surface area contributed by atoms with Gasteiger partial charge in [-0.25, -0.2) is 13.2 Å². The van der Waals surface area contributed by atoms with Gasteiger partial charge in [0.15, 0.2) is 9.84 Å². The van der Waals surface area contributed by atoms with Crippen molar-refractivity contribution in [3.8, 4) is 0 Å². The second-order valence-electron chi connectivity index (χ2n) is 5.34. The number of hydrogen-bond acceptors (Lipinski definition) is 5. The van der Waals surface area contributed by atoms with Gasteiger partial charge in [-0.2, -0.15) is 5.10 Å². The van der Waals surface area contributed by atoms with Gasteiger partial charge in [0.05, 0.1) is 21.9 Å². The number of rotatable bonds is 2. The van der Waals surface area contributed by atoms with Crippen LogP contribution in [-0.2, 0) is 9.84 Å². The molecule has 1 aromatic rings. The minimum absolute atomic E-state index is 0.000624. The zero-order valence-corrected chi connectivity index (χ0v) is 13.3. The molecular weight excluding hydrogens is 292 g/mol. The van der Waals surface area contributed by atoms with Gasteiger partial charge in [0.25, 0.3) is 0 Å². The highest BCUT2D eigenvalue weighted by Gasteiger charge is 2.33. The van der Waals surface area contributed by atoms with E-state index in [1.54, 1.807) is 33.0 Å². The Morgan fingerprint density at radius 1 is 1.33 bits per heavy atom. The molecule has 0 amide bonds. The fourth-order valence-electron chi connectivity index (χ4n) is 2.66. The second kappa shape index (κ2) is 5.14. The largest absolute Gasteiger partial charge is 0.478 e. The molecule has 1 aliphatic rings. The number of aromatic carboxylic acids is 1. The van der Waals surface area contributed by atoms with Crippen LogP contribution in [-0.4, -0.2) is 50.1 Å². The van der Waals surface area contributed by atoms with E-state index in [-0.39, 0.29) is 22.6 Å². The maximum atomic E-state index is 12.3. The number of carboxylic acids is 1. The van der Waals surface area contributed by atoms with Crippen molar-refractivity contribution >= 4 is 21.5 Å². The number of benzene rings is 1. The molecule has 0 saturated carbocycles. The van der Waals surface area contributed by atoms with Crippen molar-refractivity contribution in [1.29, 1.82) is 0 Å². The van der Waals surface area contributed by atoms with E-state index < -0.39 is 15.8 Å². The van der Waals surface area contributed by atoms with Crippen LogP contribution in [0.1, 0.15) is 33.5 Å². The predicted octanol–water partition coefficient (Wildman–Crippen LogP) is 1.44. The van der Waals surface area contributed by atoms with Crippen molar-refractivity contribution in [2.75, 3.05) is 19.8 Å². The van der Waals surface area contributed by atoms with Crippen LogP contribution in [0.2, 0.25) is 0 Å². The number of carboxylic acid groups (broad SMARTS) is 1. The zero-order valence-electron chi connectivity index (χ0n) is 12.5. The number of carbonyl (C=O) groups is 1. The van der Waals surface area contributed by atoms with Gasteiger partial charge in [-0.15, -0.1) is 0 Å². The van der Waals surface area contributed by atoms with Gasteiger partial charge in [0, 0.05) is 26.1 Å². The fourth-order valence-corrected chi connectivity index (χ4v) is 4.46. The Labute approximate surface area is 124 Å². The van der Waals surface area contributed by atoms with Gasteiger partial charge in [-0.3, -0.25) is 0 Å². The van der Waals surface area contributed by atoms with E-state index >= 15 is 0 Å². The first-order chi connectivity index (χ1) is 9.65. The number of nitrogens with zero attached hydrogens (tertiary/aromatic N) is 2. The first kappa shape index (κ1) is 15.5. The molecule has 0 spiro atoms. The van der Waals surface area contributed by atoms with Crippen molar-refractivity contribution < 1.29 is 18.3 Å². The molecule has 0 aromatic heterocycles. The van der Waals surface area contributed by atoms with Crippen molar-refractivity contribution in [1.82, 2.24) is 5.01 Å². The van der Waals surface area contributed by atoms with Gasteiger partial charge in [0.2, 0.25) is 0 Å². The molecule has 1 aromatic carbocycles. The summed E-state index contributed by atoms with van der Waals surface area (Å²) < 4.78 is 24.7. The summed E-state index contributed by atoms with van der Waals surface area (Å²) in [7, 11) is 0.0994. The average Bonchev–Trinajstić information content (AvgIpc) is 2.34. The van der Waals surface area contributed by atoms with Crippen LogP contribution in [0.15, 0.2) is 16.1 Å². The summed E-state index contributed by atoms with van der Waals surface area (Å²) in [4.78, 5) is 11.6. The van der Waals surface area contributed by atoms with Gasteiger partial charge in [-0.05, 0) is 31.0 Å². The molecule has 0 atom stereocenters. The molecule has 0 saturated heterocycles. The molecule has 0 radical (unpaired) electrons. The summed E-state index contributed by atoms with van der Waals surface area (Å²) in [5.74, 6) is -1.06. The summed E-state index contributed by atoms with van der Waals surface area (Å²) in [5, 5.41) is 15.2. The second-order valence-corrected chi connectivity index (χ2v) is 7.38. The lowest BCUT2D eigenvalue weighted by molar-refractivity contribution is 0.0696. The van der Waals surface area contributed by atoms with E-state index in [1.165, 1.54) is 6.07 Å². The summed E-state index contributed by atoms with van der Waals surface area (Å²) in [6.07, 6.45) is 0.289. The molecule has 7 heteroatoms. The lowest BCUT2D eigenvalue weighted by atomic mass is 9.94. The van der Waals surface area contributed by atoms with Gasteiger partial charge < -0.3 is 10.1 Å². The van der Waals surface area contributed by atoms with Gasteiger partial charge >= 0.3 is 5.97 Å². The maximum Gasteiger partial charge on any atom is 0.335 e. The summed E-state index contributed by atoms with van der Waals surface area (Å²) in [6, 6.07) is 1.42. The normalized spacial score (nSPS) is 18.4. The lowest BCUT2D eigenvalue weighted by Gasteiger charge is -2.24. The molecule has 114 valence electrons. The van der Waals surface area contributed by atoms with E-state index in [9.17, 15) is 18.3 Å². The highest BCUT2D eigenvalue weighted by molar-refractivity contribution is 7.91. The summed E-state index contributed by atoms with van der Waals surface area (Å²) in [5.41, 5.74) is 2.10. The average molecular weight is 310 g/mol. The maximum absolute atomic E-state index is 12.3. The van der Waals surface area contributed by atoms with Crippen LogP contribution in [0.25, 0.3) is 0 Å². The van der Waals surface area contributed by atoms with Crippen molar-refractivity contribution in [3.63, 3.8) is 0 Å². The van der Waals surface area contributed by atoms with E-state index in [4.69, 9.17) is 0 Å². The summed E-state index contributed by atoms with van der Waals surface area (Å²) in [6.45, 7) is 3.26. The Morgan fingerprint density at radius 2 is 1.95 bits per heavy atom. The van der Waals surface area contributed by atoms with E-state index in [0.29, 0.717) is 22.4 Å². The quantitative estimate of drug-likeness (QED) is 0.835. The molecule has 0 fully saturated rings. The number of sulfone groups is 1. The fraction of sp³-hybridized carbons (Fsp3) is 0.429. The number of aryl methyl sites for hydroxylation is 1. The third-order valence-electron chi connectivity index (χ3n) is 3.48. The molecule has 0 aliphatic carbocycles. The van der Waals surface area contributed by atoms with Crippen LogP contribution in [0.4, 0.5) is 0 Å². The van der Waals surface area contributed by atoms with E-state index in [1.807, 2.05) is 0 Å². The third kappa shape index (κ3) is 2.65. The molecular formula is C14H18N2O4S. The third-order valence-corrected chi connectivity index (χ3v) is 5.37. The molecule has 0 bridgehead atoms. The first-order valence-electron chi connectivity index (χ1n) is 6.50. The van der Waals surface area contributed by atoms with Crippen LogP contribution in [0, 0.1) is 13.8 Å². The Hall–Kier alpha value is -1.89. The Balaban J connectivity index is 2.90. The molecule has 0 unspecified atom stereocenters.